The number of β-amino-alcohol motifs (C(OH)–C–C–N with tert-alkyl or cyclic N) is 1. The Balaban J connectivity index is 1.17. The summed E-state index contributed by atoms with van der Waals surface area (Å²) in [6, 6.07) is 14.0. The molecule has 3 N–H and O–H groups in total. The molecular formula is C36H38Cl2N6O4. The highest BCUT2D eigenvalue weighted by molar-refractivity contribution is 6.39. The lowest BCUT2D eigenvalue weighted by atomic mass is 9.97. The first kappa shape index (κ1) is 32.7. The predicted molar refractivity (Wildman–Crippen MR) is 185 cm³/mol. The SMILES string of the molecule is COc1nc(-c2cccc(-c3cccc(-c4cc5c(c(OC)n4)[C@@H](NC[C@@H]4CCC(=O)N4)CC5)c3Cl)c2Cl)cnc1CN1C[C@@H](O)[C@@H]1C. The van der Waals surface area contributed by atoms with Crippen LogP contribution in [-0.4, -0.2) is 76.4 Å². The first-order chi connectivity index (χ1) is 23.2. The van der Waals surface area contributed by atoms with Gasteiger partial charge in [-0.05, 0) is 37.8 Å². The van der Waals surface area contributed by atoms with Gasteiger partial charge in [0.1, 0.15) is 5.69 Å². The number of likely N-dealkylation sites (tertiary alicyclic amines) is 1. The third-order valence-electron chi connectivity index (χ3n) is 9.80. The summed E-state index contributed by atoms with van der Waals surface area (Å²) in [5.74, 6) is 1.11. The lowest BCUT2D eigenvalue weighted by Gasteiger charge is -2.43. The van der Waals surface area contributed by atoms with E-state index in [1.165, 1.54) is 5.56 Å². The summed E-state index contributed by atoms with van der Waals surface area (Å²) in [6.07, 6.45) is 4.60. The number of hydrogen-bond acceptors (Lipinski definition) is 9. The Bertz CT molecular complexity index is 1870. The maximum absolute atomic E-state index is 11.6. The summed E-state index contributed by atoms with van der Waals surface area (Å²) in [6.45, 7) is 3.82. The van der Waals surface area contributed by atoms with Gasteiger partial charge in [0.05, 0.1) is 48.0 Å². The second-order valence-corrected chi connectivity index (χ2v) is 13.4. The fourth-order valence-electron chi connectivity index (χ4n) is 6.96. The number of carbonyl (C=O) groups is 1. The molecule has 0 spiro atoms. The summed E-state index contributed by atoms with van der Waals surface area (Å²) in [4.78, 5) is 28.1. The Labute approximate surface area is 289 Å². The maximum atomic E-state index is 11.6. The second kappa shape index (κ2) is 13.6. The van der Waals surface area contributed by atoms with E-state index in [1.54, 1.807) is 20.4 Å². The highest BCUT2D eigenvalue weighted by atomic mass is 35.5. The molecule has 2 aromatic carbocycles. The van der Waals surface area contributed by atoms with Crippen LogP contribution in [0.2, 0.25) is 10.0 Å². The van der Waals surface area contributed by atoms with Gasteiger partial charge in [-0.1, -0.05) is 59.6 Å². The zero-order chi connectivity index (χ0) is 33.5. The van der Waals surface area contributed by atoms with Crippen molar-refractivity contribution in [2.24, 2.45) is 0 Å². The van der Waals surface area contributed by atoms with Gasteiger partial charge in [0, 0.05) is 72.0 Å². The van der Waals surface area contributed by atoms with E-state index < -0.39 is 0 Å². The van der Waals surface area contributed by atoms with Crippen LogP contribution < -0.4 is 20.1 Å². The number of fused-ring (bicyclic) bond motifs is 1. The smallest absolute Gasteiger partial charge is 0.237 e. The molecule has 250 valence electrons. The summed E-state index contributed by atoms with van der Waals surface area (Å²) >= 11 is 14.2. The lowest BCUT2D eigenvalue weighted by molar-refractivity contribution is -0.119. The van der Waals surface area contributed by atoms with E-state index in [9.17, 15) is 9.90 Å². The second-order valence-electron chi connectivity index (χ2n) is 12.7. The van der Waals surface area contributed by atoms with Crippen LogP contribution in [0.15, 0.2) is 48.7 Å². The van der Waals surface area contributed by atoms with Crippen LogP contribution in [0.3, 0.4) is 0 Å². The van der Waals surface area contributed by atoms with E-state index in [1.807, 2.05) is 43.3 Å². The van der Waals surface area contributed by atoms with Crippen LogP contribution in [0, 0.1) is 0 Å². The number of ether oxygens (including phenoxy) is 2. The van der Waals surface area contributed by atoms with Gasteiger partial charge >= 0.3 is 0 Å². The Kier molecular flexibility index (Phi) is 9.28. The number of amides is 1. The number of aromatic nitrogens is 3. The zero-order valence-electron chi connectivity index (χ0n) is 27.1. The molecule has 2 saturated heterocycles. The quantitative estimate of drug-likeness (QED) is 0.195. The molecule has 4 aromatic rings. The van der Waals surface area contributed by atoms with Crippen LogP contribution in [0.25, 0.3) is 33.6 Å². The van der Waals surface area contributed by atoms with Gasteiger partial charge in [-0.3, -0.25) is 14.7 Å². The van der Waals surface area contributed by atoms with Crippen LogP contribution in [0.1, 0.15) is 49.0 Å². The van der Waals surface area contributed by atoms with Crippen molar-refractivity contribution in [3.05, 3.63) is 75.5 Å². The number of nitrogens with one attached hydrogen (secondary N) is 2. The minimum absolute atomic E-state index is 0.0582. The molecule has 3 aliphatic rings. The highest BCUT2D eigenvalue weighted by Gasteiger charge is 2.35. The van der Waals surface area contributed by atoms with Gasteiger partial charge in [0.15, 0.2) is 0 Å². The molecule has 0 bridgehead atoms. The third kappa shape index (κ3) is 6.12. The number of methoxy groups -OCH3 is 2. The number of carbonyl (C=O) groups excluding carboxylic acids is 1. The number of benzene rings is 2. The molecule has 4 atom stereocenters. The fraction of sp³-hybridized carbons (Fsp3) is 0.389. The van der Waals surface area contributed by atoms with E-state index in [-0.39, 0.29) is 30.1 Å². The van der Waals surface area contributed by atoms with E-state index in [0.717, 1.165) is 47.2 Å². The normalized spacial score (nSPS) is 21.9. The molecule has 10 nitrogen and oxygen atoms in total. The van der Waals surface area contributed by atoms with Gasteiger partial charge in [-0.25, -0.2) is 9.97 Å². The van der Waals surface area contributed by atoms with Crippen molar-refractivity contribution in [3.8, 4) is 45.4 Å². The molecule has 2 aromatic heterocycles. The third-order valence-corrected chi connectivity index (χ3v) is 10.6. The van der Waals surface area contributed by atoms with Crippen LogP contribution in [0.4, 0.5) is 0 Å². The Morgan fingerprint density at radius 2 is 1.62 bits per heavy atom. The monoisotopic (exact) mass is 688 g/mol. The molecular weight excluding hydrogens is 651 g/mol. The number of rotatable bonds is 10. The van der Waals surface area contributed by atoms with Gasteiger partial charge in [-0.15, -0.1) is 0 Å². The molecule has 0 saturated carbocycles. The minimum atomic E-state index is -0.330. The number of nitrogens with zero attached hydrogens (tertiary/aromatic N) is 4. The first-order valence-corrected chi connectivity index (χ1v) is 17.0. The van der Waals surface area contributed by atoms with Gasteiger partial charge in [-0.2, -0.15) is 0 Å². The number of hydrogen-bond donors (Lipinski definition) is 3. The molecule has 0 unspecified atom stereocenters. The average molecular weight is 690 g/mol. The minimum Gasteiger partial charge on any atom is -0.481 e. The van der Waals surface area contributed by atoms with Crippen LogP contribution >= 0.6 is 23.2 Å². The van der Waals surface area contributed by atoms with Crippen LogP contribution in [0.5, 0.6) is 11.8 Å². The molecule has 12 heteroatoms. The molecule has 7 rings (SSSR count). The Hall–Kier alpha value is -3.80. The summed E-state index contributed by atoms with van der Waals surface area (Å²) in [7, 11) is 3.22. The van der Waals surface area contributed by atoms with Crippen molar-refractivity contribution in [2.75, 3.05) is 27.3 Å². The Morgan fingerprint density at radius 3 is 2.25 bits per heavy atom. The summed E-state index contributed by atoms with van der Waals surface area (Å²) in [5, 5.41) is 17.6. The van der Waals surface area contributed by atoms with Crippen molar-refractivity contribution < 1.29 is 19.4 Å². The summed E-state index contributed by atoms with van der Waals surface area (Å²) < 4.78 is 11.4. The number of pyridine rings is 1. The van der Waals surface area contributed by atoms with Crippen molar-refractivity contribution in [1.82, 2.24) is 30.5 Å². The molecule has 48 heavy (non-hydrogen) atoms. The molecule has 4 heterocycles. The van der Waals surface area contributed by atoms with E-state index in [2.05, 4.69) is 26.6 Å². The zero-order valence-corrected chi connectivity index (χ0v) is 28.6. The molecule has 2 fully saturated rings. The molecule has 0 radical (unpaired) electrons. The maximum Gasteiger partial charge on any atom is 0.237 e. The van der Waals surface area contributed by atoms with E-state index in [0.29, 0.717) is 64.8 Å². The topological polar surface area (TPSA) is 122 Å². The van der Waals surface area contributed by atoms with Gasteiger partial charge in [0.25, 0.3) is 0 Å². The first-order valence-electron chi connectivity index (χ1n) is 16.3. The van der Waals surface area contributed by atoms with E-state index in [4.69, 9.17) is 42.6 Å². The molecule has 1 amide bonds. The average Bonchev–Trinajstić information content (AvgIpc) is 3.72. The lowest BCUT2D eigenvalue weighted by Crippen LogP contribution is -2.57. The van der Waals surface area contributed by atoms with Crippen molar-refractivity contribution in [2.45, 2.75) is 63.4 Å². The number of aryl methyl sites for hydroxylation is 1. The highest BCUT2D eigenvalue weighted by Crippen LogP contribution is 2.44. The van der Waals surface area contributed by atoms with E-state index >= 15 is 0 Å². The van der Waals surface area contributed by atoms with Crippen LogP contribution in [-0.2, 0) is 17.8 Å². The van der Waals surface area contributed by atoms with Crippen molar-refractivity contribution >= 4 is 29.1 Å². The Morgan fingerprint density at radius 1 is 0.958 bits per heavy atom. The predicted octanol–water partition coefficient (Wildman–Crippen LogP) is 5.62. The largest absolute Gasteiger partial charge is 0.481 e. The molecule has 1 aliphatic carbocycles. The fourth-order valence-corrected chi connectivity index (χ4v) is 7.61. The molecule has 2 aliphatic heterocycles. The number of halogens is 2. The van der Waals surface area contributed by atoms with Crippen molar-refractivity contribution in [1.29, 1.82) is 0 Å². The number of aliphatic hydroxyl groups excluding tert-OH is 1. The standard InChI is InChI=1S/C36H38Cl2N6O4/c1-19-30(45)18-44(19)17-29-35(47-2)43-28(16-40-29)25-9-5-7-23(34(25)38)22-6-4-8-24(33(22)37)27-14-20-10-12-26(32(20)36(42-27)48-3)39-15-21-11-13-31(46)41-21/h4-9,14,16,19,21,26,30,39,45H,10-13,15,17-18H2,1-3H3,(H,41,46)/t19-,21-,26-,30+/m0/s1. The van der Waals surface area contributed by atoms with Gasteiger partial charge < -0.3 is 25.2 Å². The number of aliphatic hydroxyl groups is 1. The van der Waals surface area contributed by atoms with Gasteiger partial charge in [0.2, 0.25) is 17.7 Å². The summed E-state index contributed by atoms with van der Waals surface area (Å²) in [5.41, 5.74) is 7.23. The van der Waals surface area contributed by atoms with Crippen molar-refractivity contribution in [3.63, 3.8) is 0 Å².